The predicted molar refractivity (Wildman–Crippen MR) is 87.0 cm³/mol. The molecule has 1 aliphatic rings. The number of halogens is 1. The fourth-order valence-electron chi connectivity index (χ4n) is 3.35. The maximum atomic E-state index is 13.7. The normalized spacial score (nSPS) is 20.4. The first kappa shape index (κ1) is 16.4. The second kappa shape index (κ2) is 6.89. The number of likely N-dealkylation sites (tertiary alicyclic amines) is 1. The maximum absolute atomic E-state index is 13.7. The molecule has 118 valence electrons. The van der Waals surface area contributed by atoms with E-state index in [2.05, 4.69) is 24.1 Å². The summed E-state index contributed by atoms with van der Waals surface area (Å²) in [6.45, 7) is 9.95. The van der Waals surface area contributed by atoms with Gasteiger partial charge in [0.15, 0.2) is 0 Å². The van der Waals surface area contributed by atoms with Gasteiger partial charge in [-0.2, -0.15) is 0 Å². The van der Waals surface area contributed by atoms with Crippen molar-refractivity contribution in [2.75, 3.05) is 26.7 Å². The van der Waals surface area contributed by atoms with Crippen LogP contribution in [0.2, 0.25) is 0 Å². The van der Waals surface area contributed by atoms with Crippen LogP contribution in [0, 0.1) is 18.2 Å². The van der Waals surface area contributed by atoms with E-state index in [-0.39, 0.29) is 11.9 Å². The third kappa shape index (κ3) is 4.52. The summed E-state index contributed by atoms with van der Waals surface area (Å²) >= 11 is 0. The molecule has 2 rings (SSSR count). The first-order valence-electron chi connectivity index (χ1n) is 8.07. The van der Waals surface area contributed by atoms with Crippen molar-refractivity contribution >= 4 is 0 Å². The predicted octanol–water partition coefficient (Wildman–Crippen LogP) is 3.91. The van der Waals surface area contributed by atoms with Crippen LogP contribution in [0.5, 0.6) is 0 Å². The molecular weight excluding hydrogens is 263 g/mol. The van der Waals surface area contributed by atoms with Crippen molar-refractivity contribution in [3.63, 3.8) is 0 Å². The fourth-order valence-corrected chi connectivity index (χ4v) is 3.35. The van der Waals surface area contributed by atoms with E-state index in [1.54, 1.807) is 6.07 Å². The topological polar surface area (TPSA) is 15.3 Å². The highest BCUT2D eigenvalue weighted by Crippen LogP contribution is 2.29. The molecule has 0 radical (unpaired) electrons. The highest BCUT2D eigenvalue weighted by molar-refractivity contribution is 5.25. The number of benzene rings is 1. The molecule has 1 aromatic rings. The van der Waals surface area contributed by atoms with E-state index in [0.29, 0.717) is 11.0 Å². The lowest BCUT2D eigenvalue weighted by molar-refractivity contribution is 0.113. The van der Waals surface area contributed by atoms with E-state index in [0.717, 1.165) is 18.5 Å². The van der Waals surface area contributed by atoms with Crippen molar-refractivity contribution in [2.45, 2.75) is 46.1 Å². The molecule has 2 nitrogen and oxygen atoms in total. The summed E-state index contributed by atoms with van der Waals surface area (Å²) in [5.41, 5.74) is 2.20. The lowest BCUT2D eigenvalue weighted by Gasteiger charge is -2.38. The summed E-state index contributed by atoms with van der Waals surface area (Å²) in [5.74, 6) is -0.105. The van der Waals surface area contributed by atoms with Gasteiger partial charge in [-0.15, -0.1) is 0 Å². The summed E-state index contributed by atoms with van der Waals surface area (Å²) < 4.78 is 13.7. The molecule has 1 unspecified atom stereocenters. The first-order chi connectivity index (χ1) is 9.91. The van der Waals surface area contributed by atoms with Gasteiger partial charge in [0.25, 0.3) is 0 Å². The van der Waals surface area contributed by atoms with Gasteiger partial charge in [-0.25, -0.2) is 4.39 Å². The molecule has 1 heterocycles. The Hall–Kier alpha value is -0.930. The number of hydrogen-bond acceptors (Lipinski definition) is 2. The number of nitrogens with one attached hydrogen (secondary N) is 1. The van der Waals surface area contributed by atoms with Gasteiger partial charge in [0.05, 0.1) is 0 Å². The zero-order valence-corrected chi connectivity index (χ0v) is 13.9. The van der Waals surface area contributed by atoms with Crippen LogP contribution in [0.25, 0.3) is 0 Å². The lowest BCUT2D eigenvalue weighted by atomic mass is 9.84. The van der Waals surface area contributed by atoms with Crippen LogP contribution in [-0.2, 0) is 0 Å². The Morgan fingerprint density at radius 3 is 2.76 bits per heavy atom. The largest absolute Gasteiger partial charge is 0.313 e. The SMILES string of the molecule is CNC(CCN1CCCC(C)(C)C1)c1ccc(C)c(F)c1. The van der Waals surface area contributed by atoms with Gasteiger partial charge in [0.2, 0.25) is 0 Å². The van der Waals surface area contributed by atoms with Gasteiger partial charge in [-0.05, 0) is 68.9 Å². The molecule has 0 saturated carbocycles. The fraction of sp³-hybridized carbons (Fsp3) is 0.667. The van der Waals surface area contributed by atoms with Gasteiger partial charge in [-0.3, -0.25) is 0 Å². The van der Waals surface area contributed by atoms with Gasteiger partial charge >= 0.3 is 0 Å². The molecule has 0 amide bonds. The molecule has 1 fully saturated rings. The zero-order chi connectivity index (χ0) is 15.5. The lowest BCUT2D eigenvalue weighted by Crippen LogP contribution is -2.41. The minimum Gasteiger partial charge on any atom is -0.313 e. The zero-order valence-electron chi connectivity index (χ0n) is 13.9. The van der Waals surface area contributed by atoms with Crippen LogP contribution in [-0.4, -0.2) is 31.6 Å². The van der Waals surface area contributed by atoms with Crippen molar-refractivity contribution in [1.29, 1.82) is 0 Å². The van der Waals surface area contributed by atoms with Crippen molar-refractivity contribution in [3.8, 4) is 0 Å². The Kier molecular flexibility index (Phi) is 5.39. The summed E-state index contributed by atoms with van der Waals surface area (Å²) in [6, 6.07) is 5.82. The quantitative estimate of drug-likeness (QED) is 0.885. The second-order valence-corrected chi connectivity index (χ2v) is 7.18. The smallest absolute Gasteiger partial charge is 0.126 e. The molecule has 1 aromatic carbocycles. The van der Waals surface area contributed by atoms with Crippen molar-refractivity contribution < 1.29 is 4.39 Å². The Bertz CT molecular complexity index is 470. The number of piperidine rings is 1. The third-order valence-corrected chi connectivity index (χ3v) is 4.66. The van der Waals surface area contributed by atoms with Crippen molar-refractivity contribution in [3.05, 3.63) is 35.1 Å². The highest BCUT2D eigenvalue weighted by atomic mass is 19.1. The summed E-state index contributed by atoms with van der Waals surface area (Å²) in [7, 11) is 1.96. The van der Waals surface area contributed by atoms with E-state index in [9.17, 15) is 4.39 Å². The average Bonchev–Trinajstić information content (AvgIpc) is 2.42. The van der Waals surface area contributed by atoms with Crippen LogP contribution in [0.15, 0.2) is 18.2 Å². The maximum Gasteiger partial charge on any atom is 0.126 e. The van der Waals surface area contributed by atoms with E-state index in [4.69, 9.17) is 0 Å². The molecule has 21 heavy (non-hydrogen) atoms. The van der Waals surface area contributed by atoms with E-state index in [1.807, 2.05) is 26.1 Å². The van der Waals surface area contributed by atoms with E-state index >= 15 is 0 Å². The van der Waals surface area contributed by atoms with Crippen LogP contribution in [0.3, 0.4) is 0 Å². The Morgan fingerprint density at radius 2 is 2.14 bits per heavy atom. The minimum absolute atomic E-state index is 0.105. The Labute approximate surface area is 128 Å². The standard InChI is InChI=1S/C18H29FN2/c1-14-6-7-15(12-16(14)19)17(20-4)8-11-21-10-5-9-18(2,3)13-21/h6-7,12,17,20H,5,8-11,13H2,1-4H3. The molecular formula is C18H29FN2. The Morgan fingerprint density at radius 1 is 1.38 bits per heavy atom. The average molecular weight is 292 g/mol. The van der Waals surface area contributed by atoms with Crippen LogP contribution >= 0.6 is 0 Å². The first-order valence-corrected chi connectivity index (χ1v) is 8.07. The molecule has 1 aliphatic heterocycles. The van der Waals surface area contributed by atoms with E-state index < -0.39 is 0 Å². The van der Waals surface area contributed by atoms with Gasteiger partial charge in [0, 0.05) is 12.6 Å². The molecule has 0 bridgehead atoms. The van der Waals surface area contributed by atoms with Crippen LogP contribution < -0.4 is 5.32 Å². The van der Waals surface area contributed by atoms with E-state index in [1.165, 1.54) is 25.9 Å². The number of nitrogens with zero attached hydrogens (tertiary/aromatic N) is 1. The molecule has 3 heteroatoms. The molecule has 1 N–H and O–H groups in total. The third-order valence-electron chi connectivity index (χ3n) is 4.66. The summed E-state index contributed by atoms with van der Waals surface area (Å²) in [4.78, 5) is 2.55. The van der Waals surface area contributed by atoms with Gasteiger partial charge in [0.1, 0.15) is 5.82 Å². The van der Waals surface area contributed by atoms with Crippen LogP contribution in [0.1, 0.15) is 50.3 Å². The summed E-state index contributed by atoms with van der Waals surface area (Å²) in [6.07, 6.45) is 3.63. The summed E-state index contributed by atoms with van der Waals surface area (Å²) in [5, 5.41) is 3.33. The number of rotatable bonds is 5. The van der Waals surface area contributed by atoms with Crippen molar-refractivity contribution in [2.24, 2.45) is 5.41 Å². The molecule has 1 atom stereocenters. The van der Waals surface area contributed by atoms with Gasteiger partial charge < -0.3 is 10.2 Å². The molecule has 0 aliphatic carbocycles. The minimum atomic E-state index is -0.105. The van der Waals surface area contributed by atoms with Gasteiger partial charge in [-0.1, -0.05) is 26.0 Å². The molecule has 0 aromatic heterocycles. The molecule has 0 spiro atoms. The van der Waals surface area contributed by atoms with Crippen LogP contribution in [0.4, 0.5) is 4.39 Å². The second-order valence-electron chi connectivity index (χ2n) is 7.18. The number of aryl methyl sites for hydroxylation is 1. The highest BCUT2D eigenvalue weighted by Gasteiger charge is 2.26. The van der Waals surface area contributed by atoms with Crippen molar-refractivity contribution in [1.82, 2.24) is 10.2 Å². The molecule has 1 saturated heterocycles. The Balaban J connectivity index is 1.94. The number of hydrogen-bond donors (Lipinski definition) is 1. The monoisotopic (exact) mass is 292 g/mol.